The van der Waals surface area contributed by atoms with E-state index in [1.807, 2.05) is 46.0 Å². The summed E-state index contributed by atoms with van der Waals surface area (Å²) >= 11 is 0. The van der Waals surface area contributed by atoms with Crippen LogP contribution in [0.4, 0.5) is 8.78 Å². The van der Waals surface area contributed by atoms with Gasteiger partial charge in [0.25, 0.3) is 0 Å². The van der Waals surface area contributed by atoms with Crippen molar-refractivity contribution in [1.82, 2.24) is 4.90 Å². The maximum Gasteiger partial charge on any atom is 0.387 e. The molecule has 4 saturated heterocycles. The van der Waals surface area contributed by atoms with E-state index in [0.717, 1.165) is 17.6 Å². The molecule has 1 spiro atoms. The quantitative estimate of drug-likeness (QED) is 0.144. The zero-order valence-corrected chi connectivity index (χ0v) is 45.0. The number of rotatable bonds is 13. The van der Waals surface area contributed by atoms with E-state index in [4.69, 9.17) is 47.4 Å². The third-order valence-electron chi connectivity index (χ3n) is 16.6. The van der Waals surface area contributed by atoms with Crippen molar-refractivity contribution in [1.29, 1.82) is 0 Å². The van der Waals surface area contributed by atoms with Crippen LogP contribution in [0.3, 0.4) is 0 Å². The highest BCUT2D eigenvalue weighted by molar-refractivity contribution is 5.78. The summed E-state index contributed by atoms with van der Waals surface area (Å²) < 4.78 is 95.4. The summed E-state index contributed by atoms with van der Waals surface area (Å²) in [5.74, 6) is -2.58. The van der Waals surface area contributed by atoms with Crippen molar-refractivity contribution < 1.29 is 75.9 Å². The second kappa shape index (κ2) is 24.1. The van der Waals surface area contributed by atoms with Crippen molar-refractivity contribution in [3.05, 3.63) is 89.1 Å². The summed E-state index contributed by atoms with van der Waals surface area (Å²) in [6, 6.07) is 6.47. The van der Waals surface area contributed by atoms with E-state index in [1.165, 1.54) is 12.1 Å². The fourth-order valence-corrected chi connectivity index (χ4v) is 12.4. The van der Waals surface area contributed by atoms with E-state index < -0.39 is 91.3 Å². The predicted molar refractivity (Wildman–Crippen MR) is 270 cm³/mol. The maximum absolute atomic E-state index is 14.4. The lowest BCUT2D eigenvalue weighted by molar-refractivity contribution is -0.315. The number of carbonyl (C=O) groups is 1. The lowest BCUT2D eigenvalue weighted by atomic mass is 9.71. The second-order valence-electron chi connectivity index (χ2n) is 21.9. The van der Waals surface area contributed by atoms with Crippen molar-refractivity contribution >= 4 is 5.97 Å². The van der Waals surface area contributed by atoms with Crippen LogP contribution >= 0.6 is 0 Å². The highest BCUT2D eigenvalue weighted by Gasteiger charge is 2.60. The molecule has 20 atom stereocenters. The van der Waals surface area contributed by atoms with E-state index >= 15 is 0 Å². The molecule has 2 N–H and O–H groups in total. The van der Waals surface area contributed by atoms with Gasteiger partial charge in [0, 0.05) is 58.3 Å². The molecule has 17 heteroatoms. The monoisotopic (exact) mass is 1040 g/mol. The first-order valence-corrected chi connectivity index (χ1v) is 26.7. The molecule has 74 heavy (non-hydrogen) atoms. The van der Waals surface area contributed by atoms with Crippen molar-refractivity contribution in [2.24, 2.45) is 23.7 Å². The minimum atomic E-state index is -2.89. The minimum Gasteiger partial charge on any atom is -0.462 e. The summed E-state index contributed by atoms with van der Waals surface area (Å²) in [5.41, 5.74) is 0.996. The van der Waals surface area contributed by atoms with Crippen molar-refractivity contribution in [3.8, 4) is 5.75 Å². The Balaban J connectivity index is 1.00. The number of hydrogen-bond donors (Lipinski definition) is 2. The van der Waals surface area contributed by atoms with Crippen LogP contribution in [-0.2, 0) is 58.7 Å². The molecule has 0 radical (unpaired) electrons. The van der Waals surface area contributed by atoms with E-state index in [2.05, 4.69) is 49.5 Å². The van der Waals surface area contributed by atoms with Crippen LogP contribution in [0.25, 0.3) is 0 Å². The van der Waals surface area contributed by atoms with Crippen LogP contribution in [0.2, 0.25) is 0 Å². The second-order valence-corrected chi connectivity index (χ2v) is 21.9. The largest absolute Gasteiger partial charge is 0.462 e. The molecule has 412 valence electrons. The third-order valence-corrected chi connectivity index (χ3v) is 16.6. The van der Waals surface area contributed by atoms with E-state index in [0.29, 0.717) is 43.4 Å². The average Bonchev–Trinajstić information content (AvgIpc) is 3.70. The van der Waals surface area contributed by atoms with Gasteiger partial charge in [0.2, 0.25) is 0 Å². The summed E-state index contributed by atoms with van der Waals surface area (Å²) in [4.78, 5) is 16.6. The molecule has 0 amide bonds. The fraction of sp³-hybridized carbons (Fsp3) is 0.702. The summed E-state index contributed by atoms with van der Waals surface area (Å²) in [6.07, 6.45) is 9.33. The number of alkyl halides is 2. The standard InChI is InChI=1S/C57H81F2NO14/c1-12-31(2)51-34(5)22-23-56(74-51)28-42-25-41(73-56)19-16-33(4)50(32(3)14-13-15-39-30-66-53-49(61)35(6)24-43(54(62)69-42)57(39,53)63)71-47-27-45(65-11)52(37(8)68-47)72-46-26-44(64-10)48(36(7)67-46)60(9)29-38-17-20-40(21-18-38)70-55(58)59/h13-18,20-24,31-32,34,36-37,41-53,55,61,63H,12,19,25-30H2,1-11H3/b14-13+,33-16+,39-15+/t31-,32-,34-,36+,37-,41+,42-,43-,44+,45-,46+,47-,48-,49+,50-,51+,52-,53+,56+,57+/m0/s1. The van der Waals surface area contributed by atoms with Crippen LogP contribution in [-0.4, -0.2) is 153 Å². The van der Waals surface area contributed by atoms with Gasteiger partial charge >= 0.3 is 12.6 Å². The van der Waals surface area contributed by atoms with Crippen LogP contribution in [0.5, 0.6) is 5.75 Å². The highest BCUT2D eigenvalue weighted by atomic mass is 19.3. The number of ether oxygens (including phenoxy) is 11. The number of benzene rings is 1. The Morgan fingerprint density at radius 2 is 1.59 bits per heavy atom. The summed E-state index contributed by atoms with van der Waals surface area (Å²) in [5, 5.41) is 23.9. The predicted octanol–water partition coefficient (Wildman–Crippen LogP) is 8.12. The molecule has 15 nitrogen and oxygen atoms in total. The lowest BCUT2D eigenvalue weighted by Gasteiger charge is -2.48. The van der Waals surface area contributed by atoms with E-state index in [9.17, 15) is 23.8 Å². The normalized spacial score (nSPS) is 43.2. The first-order chi connectivity index (χ1) is 35.3. The van der Waals surface area contributed by atoms with Crippen LogP contribution < -0.4 is 4.74 Å². The Labute approximate surface area is 436 Å². The van der Waals surface area contributed by atoms with Gasteiger partial charge < -0.3 is 62.3 Å². The Morgan fingerprint density at radius 1 is 0.892 bits per heavy atom. The number of nitrogens with zero attached hydrogens (tertiary/aromatic N) is 1. The van der Waals surface area contributed by atoms with Crippen LogP contribution in [0.1, 0.15) is 99.5 Å². The molecule has 6 aliphatic heterocycles. The first kappa shape index (κ1) is 56.8. The Morgan fingerprint density at radius 3 is 2.30 bits per heavy atom. The van der Waals surface area contributed by atoms with Crippen molar-refractivity contribution in [3.63, 3.8) is 0 Å². The number of aliphatic hydroxyl groups is 2. The molecule has 1 aromatic rings. The number of fused-ring (bicyclic) bond motifs is 2. The molecule has 0 unspecified atom stereocenters. The van der Waals surface area contributed by atoms with Gasteiger partial charge in [0.05, 0.1) is 55.4 Å². The number of likely N-dealkylation sites (N-methyl/N-ethyl adjacent to an activating group) is 1. The van der Waals surface area contributed by atoms with Crippen LogP contribution in [0, 0.1) is 23.7 Å². The average molecular weight is 1040 g/mol. The molecule has 2 bridgehead atoms. The maximum atomic E-state index is 14.4. The van der Waals surface area contributed by atoms with Gasteiger partial charge in [-0.05, 0) is 87.6 Å². The number of halogens is 2. The van der Waals surface area contributed by atoms with Gasteiger partial charge in [-0.1, -0.05) is 82.7 Å². The number of allylic oxidation sites excluding steroid dienone is 2. The molecular formula is C57H81F2NO14. The fourth-order valence-electron chi connectivity index (χ4n) is 12.4. The molecule has 1 aliphatic carbocycles. The zero-order valence-electron chi connectivity index (χ0n) is 45.0. The summed E-state index contributed by atoms with van der Waals surface area (Å²) in [6.45, 7) is 13.9. The third kappa shape index (κ3) is 12.3. The molecule has 4 fully saturated rings. The molecule has 6 heterocycles. The molecule has 0 saturated carbocycles. The van der Waals surface area contributed by atoms with Gasteiger partial charge in [0.15, 0.2) is 18.4 Å². The Bertz CT molecular complexity index is 2220. The molecule has 1 aromatic carbocycles. The van der Waals surface area contributed by atoms with Gasteiger partial charge in [-0.2, -0.15) is 8.78 Å². The molecular weight excluding hydrogens is 961 g/mol. The Hall–Kier alpha value is -3.43. The number of carbonyl (C=O) groups excluding carboxylic acids is 1. The van der Waals surface area contributed by atoms with Crippen LogP contribution in [0.15, 0.2) is 83.5 Å². The number of methoxy groups -OCH3 is 2. The topological polar surface area (TPSA) is 162 Å². The SMILES string of the molecule is CC[C@H](C)[C@H]1O[C@]2(C=C[C@@H]1C)C[C@@H]1C[C@@H](C/C=C(\C)[C@@H](O[C@H]3C[C@H](OC)[C@@H](O[C@@H]4C[C@@H](OC)[C@@H](N(C)Cc5ccc(OC(F)F)cc5)[C@@H](C)O4)[C@H](C)O3)[C@@H](C)/C=C/C=C3\CO[C@@H]4[C@H](O)C(C)=C[C@@H](C(=O)O1)[C@]34O)O2. The Kier molecular flexibility index (Phi) is 18.5. The van der Waals surface area contributed by atoms with Crippen molar-refractivity contribution in [2.45, 2.75) is 204 Å². The van der Waals surface area contributed by atoms with Gasteiger partial charge in [-0.25, -0.2) is 0 Å². The minimum absolute atomic E-state index is 0.0151. The molecule has 0 aromatic heterocycles. The highest BCUT2D eigenvalue weighted by Crippen LogP contribution is 2.47. The van der Waals surface area contributed by atoms with Gasteiger partial charge in [0.1, 0.15) is 41.7 Å². The van der Waals surface area contributed by atoms with Crippen molar-refractivity contribution in [2.75, 3.05) is 27.9 Å². The smallest absolute Gasteiger partial charge is 0.387 e. The van der Waals surface area contributed by atoms with Gasteiger partial charge in [-0.3, -0.25) is 9.69 Å². The lowest BCUT2D eigenvalue weighted by Crippen LogP contribution is -2.58. The first-order valence-electron chi connectivity index (χ1n) is 26.7. The molecule has 7 aliphatic rings. The van der Waals surface area contributed by atoms with E-state index in [-0.39, 0.29) is 60.9 Å². The summed E-state index contributed by atoms with van der Waals surface area (Å²) in [7, 11) is 5.31. The van der Waals surface area contributed by atoms with Gasteiger partial charge in [-0.15, -0.1) is 0 Å². The number of esters is 1. The number of hydrogen-bond acceptors (Lipinski definition) is 15. The molecule has 8 rings (SSSR count). The number of aliphatic hydroxyl groups excluding tert-OH is 1. The zero-order chi connectivity index (χ0) is 53.2. The van der Waals surface area contributed by atoms with E-state index in [1.54, 1.807) is 45.4 Å².